The van der Waals surface area contributed by atoms with Gasteiger partial charge in [0.15, 0.2) is 0 Å². The van der Waals surface area contributed by atoms with Crippen molar-refractivity contribution in [2.24, 2.45) is 5.73 Å². The Bertz CT molecular complexity index is 522. The van der Waals surface area contributed by atoms with Crippen LogP contribution in [0.15, 0.2) is 48.5 Å². The summed E-state index contributed by atoms with van der Waals surface area (Å²) in [4.78, 5) is 0. The van der Waals surface area contributed by atoms with Gasteiger partial charge in [0.05, 0.1) is 0 Å². The van der Waals surface area contributed by atoms with Gasteiger partial charge in [-0.25, -0.2) is 0 Å². The van der Waals surface area contributed by atoms with Crippen molar-refractivity contribution in [3.63, 3.8) is 0 Å². The van der Waals surface area contributed by atoms with Crippen molar-refractivity contribution in [1.29, 1.82) is 0 Å². The molecule has 0 saturated carbocycles. The number of hydrogen-bond acceptors (Lipinski definition) is 2. The fraction of sp³-hybridized carbons (Fsp3) is 0.200. The Kier molecular flexibility index (Phi) is 2.57. The zero-order valence-electron chi connectivity index (χ0n) is 9.60. The molecule has 1 aliphatic heterocycles. The summed E-state index contributed by atoms with van der Waals surface area (Å²) in [6, 6.07) is 16.7. The molecular formula is C15H15NO. The number of nitrogens with two attached hydrogens (primary N) is 1. The molecule has 3 rings (SSSR count). The van der Waals surface area contributed by atoms with Crippen LogP contribution in [0, 0.1) is 0 Å². The van der Waals surface area contributed by atoms with Gasteiger partial charge in [0.2, 0.25) is 0 Å². The Morgan fingerprint density at radius 2 is 1.88 bits per heavy atom. The Hall–Kier alpha value is -1.80. The van der Waals surface area contributed by atoms with E-state index in [0.717, 1.165) is 12.2 Å². The van der Waals surface area contributed by atoms with E-state index < -0.39 is 0 Å². The predicted molar refractivity (Wildman–Crippen MR) is 69.1 cm³/mol. The zero-order valence-corrected chi connectivity index (χ0v) is 9.60. The number of rotatable bonds is 2. The van der Waals surface area contributed by atoms with Crippen molar-refractivity contribution in [3.05, 3.63) is 54.1 Å². The normalized spacial score (nSPS) is 17.6. The molecule has 0 aromatic heterocycles. The van der Waals surface area contributed by atoms with Crippen molar-refractivity contribution in [2.45, 2.75) is 12.5 Å². The Labute approximate surface area is 101 Å². The molecule has 2 aromatic carbocycles. The van der Waals surface area contributed by atoms with E-state index in [2.05, 4.69) is 30.3 Å². The second-order valence-electron chi connectivity index (χ2n) is 4.37. The molecule has 1 aliphatic rings. The molecule has 1 unspecified atom stereocenters. The maximum atomic E-state index is 5.79. The average Bonchev–Trinajstić information content (AvgIpc) is 2.81. The van der Waals surface area contributed by atoms with Crippen molar-refractivity contribution >= 4 is 0 Å². The number of ether oxygens (including phenoxy) is 1. The largest absolute Gasteiger partial charge is 0.488 e. The van der Waals surface area contributed by atoms with Crippen LogP contribution in [0.5, 0.6) is 5.75 Å². The third kappa shape index (κ3) is 1.92. The van der Waals surface area contributed by atoms with Crippen molar-refractivity contribution < 1.29 is 4.74 Å². The molecule has 2 heteroatoms. The smallest absolute Gasteiger partial charge is 0.123 e. The van der Waals surface area contributed by atoms with E-state index in [1.54, 1.807) is 0 Å². The first-order chi connectivity index (χ1) is 8.36. The van der Waals surface area contributed by atoms with Crippen molar-refractivity contribution in [2.75, 3.05) is 6.54 Å². The monoisotopic (exact) mass is 225 g/mol. The van der Waals surface area contributed by atoms with Crippen LogP contribution < -0.4 is 10.5 Å². The fourth-order valence-electron chi connectivity index (χ4n) is 2.24. The standard InChI is InChI=1S/C15H15NO/c16-10-14-8-13-7-6-12(9-15(13)17-14)11-4-2-1-3-5-11/h1-7,9,14H,8,10,16H2. The lowest BCUT2D eigenvalue weighted by Crippen LogP contribution is -2.24. The quantitative estimate of drug-likeness (QED) is 0.852. The summed E-state index contributed by atoms with van der Waals surface area (Å²) in [5.74, 6) is 0.988. The van der Waals surface area contributed by atoms with Gasteiger partial charge in [-0.05, 0) is 22.8 Å². The van der Waals surface area contributed by atoms with E-state index in [0.29, 0.717) is 6.54 Å². The molecule has 0 spiro atoms. The van der Waals surface area contributed by atoms with E-state index in [4.69, 9.17) is 10.5 Å². The van der Waals surface area contributed by atoms with Gasteiger partial charge in [0.1, 0.15) is 11.9 Å². The van der Waals surface area contributed by atoms with Gasteiger partial charge < -0.3 is 10.5 Å². The molecule has 1 atom stereocenters. The van der Waals surface area contributed by atoms with Crippen LogP contribution in [0.2, 0.25) is 0 Å². The van der Waals surface area contributed by atoms with Crippen LogP contribution in [-0.4, -0.2) is 12.6 Å². The molecule has 2 nitrogen and oxygen atoms in total. The van der Waals surface area contributed by atoms with Gasteiger partial charge in [-0.3, -0.25) is 0 Å². The minimum Gasteiger partial charge on any atom is -0.488 e. The third-order valence-corrected chi connectivity index (χ3v) is 3.18. The fourth-order valence-corrected chi connectivity index (χ4v) is 2.24. The van der Waals surface area contributed by atoms with Gasteiger partial charge in [0, 0.05) is 13.0 Å². The molecule has 17 heavy (non-hydrogen) atoms. The first-order valence-electron chi connectivity index (χ1n) is 5.92. The molecule has 1 heterocycles. The van der Waals surface area contributed by atoms with Gasteiger partial charge in [-0.15, -0.1) is 0 Å². The molecular weight excluding hydrogens is 210 g/mol. The van der Waals surface area contributed by atoms with Crippen LogP contribution in [-0.2, 0) is 6.42 Å². The van der Waals surface area contributed by atoms with Crippen molar-refractivity contribution in [3.8, 4) is 16.9 Å². The number of benzene rings is 2. The number of fused-ring (bicyclic) bond motifs is 1. The lowest BCUT2D eigenvalue weighted by Gasteiger charge is -2.07. The minimum absolute atomic E-state index is 0.149. The highest BCUT2D eigenvalue weighted by Crippen LogP contribution is 2.32. The first kappa shape index (κ1) is 10.4. The molecule has 0 amide bonds. The van der Waals surface area contributed by atoms with E-state index >= 15 is 0 Å². The van der Waals surface area contributed by atoms with E-state index in [-0.39, 0.29) is 6.10 Å². The highest BCUT2D eigenvalue weighted by Gasteiger charge is 2.21. The van der Waals surface area contributed by atoms with E-state index in [1.807, 2.05) is 18.2 Å². The van der Waals surface area contributed by atoms with Crippen LogP contribution >= 0.6 is 0 Å². The summed E-state index contributed by atoms with van der Waals surface area (Å²) in [5, 5.41) is 0. The summed E-state index contributed by atoms with van der Waals surface area (Å²) in [6.07, 6.45) is 1.08. The van der Waals surface area contributed by atoms with Crippen molar-refractivity contribution in [1.82, 2.24) is 0 Å². The van der Waals surface area contributed by atoms with Gasteiger partial charge >= 0.3 is 0 Å². The number of hydrogen-bond donors (Lipinski definition) is 1. The second-order valence-corrected chi connectivity index (χ2v) is 4.37. The molecule has 0 fully saturated rings. The molecule has 2 N–H and O–H groups in total. The lowest BCUT2D eigenvalue weighted by atomic mass is 10.0. The molecule has 0 radical (unpaired) electrons. The maximum absolute atomic E-state index is 5.79. The summed E-state index contributed by atoms with van der Waals surface area (Å²) in [6.45, 7) is 0.579. The molecule has 0 saturated heterocycles. The van der Waals surface area contributed by atoms with Crippen LogP contribution in [0.25, 0.3) is 11.1 Å². The van der Waals surface area contributed by atoms with Crippen LogP contribution in [0.3, 0.4) is 0 Å². The Morgan fingerprint density at radius 3 is 2.65 bits per heavy atom. The second kappa shape index (κ2) is 4.22. The Balaban J connectivity index is 1.96. The van der Waals surface area contributed by atoms with Gasteiger partial charge in [-0.2, -0.15) is 0 Å². The zero-order chi connectivity index (χ0) is 11.7. The van der Waals surface area contributed by atoms with Gasteiger partial charge in [0.25, 0.3) is 0 Å². The third-order valence-electron chi connectivity index (χ3n) is 3.18. The summed E-state index contributed by atoms with van der Waals surface area (Å²) >= 11 is 0. The molecule has 0 aliphatic carbocycles. The Morgan fingerprint density at radius 1 is 1.06 bits per heavy atom. The predicted octanol–water partition coefficient (Wildman–Crippen LogP) is 2.62. The van der Waals surface area contributed by atoms with E-state index in [1.165, 1.54) is 16.7 Å². The highest BCUT2D eigenvalue weighted by molar-refractivity contribution is 5.66. The summed E-state index contributed by atoms with van der Waals surface area (Å²) in [7, 11) is 0. The maximum Gasteiger partial charge on any atom is 0.123 e. The average molecular weight is 225 g/mol. The highest BCUT2D eigenvalue weighted by atomic mass is 16.5. The van der Waals surface area contributed by atoms with Crippen LogP contribution in [0.4, 0.5) is 0 Å². The molecule has 0 bridgehead atoms. The van der Waals surface area contributed by atoms with Gasteiger partial charge in [-0.1, -0.05) is 42.5 Å². The lowest BCUT2D eigenvalue weighted by molar-refractivity contribution is 0.241. The first-order valence-corrected chi connectivity index (χ1v) is 5.92. The SMILES string of the molecule is NCC1Cc2ccc(-c3ccccc3)cc2O1. The van der Waals surface area contributed by atoms with Crippen LogP contribution in [0.1, 0.15) is 5.56 Å². The minimum atomic E-state index is 0.149. The summed E-state index contributed by atoms with van der Waals surface area (Å²) < 4.78 is 5.79. The van der Waals surface area contributed by atoms with E-state index in [9.17, 15) is 0 Å². The molecule has 2 aromatic rings. The summed E-state index contributed by atoms with van der Waals surface area (Å²) in [5.41, 5.74) is 9.32. The topological polar surface area (TPSA) is 35.2 Å². The molecule has 86 valence electrons.